The van der Waals surface area contributed by atoms with Gasteiger partial charge < -0.3 is 20.1 Å². The standard InChI is InChI=1S/C27H36N7O2S2/c1-38(2)15-13-36-20-34-26-24(18-30-27(31-26)28-7-8-33-9-11-35-12-10-33)25(32-34)22-4-3-5-23(16-22)29-17-21-6-14-37-19-21/h3-6,14,16,18-19,29H,7-13,15,17,20H2,1-2H3,(H,28,30,31)/q+1. The Kier molecular flexibility index (Phi) is 9.47. The molecule has 4 aromatic rings. The molecule has 202 valence electrons. The van der Waals surface area contributed by atoms with E-state index in [2.05, 4.69) is 74.1 Å². The minimum atomic E-state index is 0.341. The number of hydrogen-bond donors (Lipinski definition) is 2. The topological polar surface area (TPSA) is 89.4 Å². The third-order valence-electron chi connectivity index (χ3n) is 6.37. The number of nitrogens with zero attached hydrogens (tertiary/aromatic N) is 5. The summed E-state index contributed by atoms with van der Waals surface area (Å²) in [6, 6.07) is 10.5. The molecule has 1 fully saturated rings. The number of ether oxygens (including phenoxy) is 2. The van der Waals surface area contributed by atoms with Gasteiger partial charge in [0.2, 0.25) is 5.95 Å². The summed E-state index contributed by atoms with van der Waals surface area (Å²) < 4.78 is 13.3. The number of benzene rings is 1. The molecule has 38 heavy (non-hydrogen) atoms. The molecule has 0 bridgehead atoms. The first-order valence-corrected chi connectivity index (χ1v) is 16.1. The fourth-order valence-electron chi connectivity index (χ4n) is 4.25. The largest absolute Gasteiger partial charge is 0.381 e. The zero-order valence-corrected chi connectivity index (χ0v) is 23.7. The molecule has 1 saturated heterocycles. The van der Waals surface area contributed by atoms with E-state index in [1.807, 2.05) is 10.9 Å². The van der Waals surface area contributed by atoms with Gasteiger partial charge in [-0.25, -0.2) is 9.67 Å². The third kappa shape index (κ3) is 7.23. The molecule has 0 aliphatic carbocycles. The SMILES string of the molecule is C[S+](C)CCOCn1nc(-c2cccc(NCc3ccsc3)c2)c2cnc(NCCN3CCOCC3)nc21. The van der Waals surface area contributed by atoms with Crippen molar-refractivity contribution in [3.8, 4) is 11.3 Å². The molecule has 11 heteroatoms. The summed E-state index contributed by atoms with van der Waals surface area (Å²) in [7, 11) is 0.341. The number of anilines is 2. The summed E-state index contributed by atoms with van der Waals surface area (Å²) in [4.78, 5) is 11.9. The number of hydrogen-bond acceptors (Lipinski definition) is 9. The van der Waals surface area contributed by atoms with E-state index in [1.54, 1.807) is 11.3 Å². The van der Waals surface area contributed by atoms with Crippen LogP contribution in [0.4, 0.5) is 11.6 Å². The van der Waals surface area contributed by atoms with Gasteiger partial charge in [-0.15, -0.1) is 0 Å². The monoisotopic (exact) mass is 554 g/mol. The van der Waals surface area contributed by atoms with Gasteiger partial charge in [-0.3, -0.25) is 4.90 Å². The van der Waals surface area contributed by atoms with Crippen LogP contribution in [0.5, 0.6) is 0 Å². The molecule has 0 spiro atoms. The summed E-state index contributed by atoms with van der Waals surface area (Å²) in [5, 5.41) is 17.0. The van der Waals surface area contributed by atoms with E-state index in [-0.39, 0.29) is 0 Å². The minimum Gasteiger partial charge on any atom is -0.381 e. The zero-order valence-electron chi connectivity index (χ0n) is 22.1. The number of rotatable bonds is 13. The Bertz CT molecular complexity index is 1290. The van der Waals surface area contributed by atoms with E-state index in [0.717, 1.165) is 79.7 Å². The Balaban J connectivity index is 1.34. The van der Waals surface area contributed by atoms with Crippen LogP contribution in [0.25, 0.3) is 22.3 Å². The van der Waals surface area contributed by atoms with Crippen LogP contribution >= 0.6 is 11.3 Å². The van der Waals surface area contributed by atoms with Gasteiger partial charge in [0.25, 0.3) is 0 Å². The molecule has 3 aromatic heterocycles. The quantitative estimate of drug-likeness (QED) is 0.191. The first-order valence-electron chi connectivity index (χ1n) is 12.9. The summed E-state index contributed by atoms with van der Waals surface area (Å²) in [6.45, 7) is 7.07. The molecule has 2 N–H and O–H groups in total. The zero-order chi connectivity index (χ0) is 26.2. The average Bonchev–Trinajstić information content (AvgIpc) is 3.59. The van der Waals surface area contributed by atoms with E-state index in [1.165, 1.54) is 5.56 Å². The van der Waals surface area contributed by atoms with Crippen molar-refractivity contribution in [3.63, 3.8) is 0 Å². The first kappa shape index (κ1) is 26.9. The Morgan fingerprint density at radius 3 is 2.87 bits per heavy atom. The third-order valence-corrected chi connectivity index (χ3v) is 8.08. The molecule has 0 amide bonds. The van der Waals surface area contributed by atoms with E-state index >= 15 is 0 Å². The van der Waals surface area contributed by atoms with Crippen LogP contribution in [-0.2, 0) is 33.6 Å². The van der Waals surface area contributed by atoms with E-state index in [4.69, 9.17) is 19.6 Å². The normalized spacial score (nSPS) is 14.4. The number of thiophene rings is 1. The summed E-state index contributed by atoms with van der Waals surface area (Å²) in [5.41, 5.74) is 4.97. The Morgan fingerprint density at radius 2 is 2.05 bits per heavy atom. The highest BCUT2D eigenvalue weighted by Crippen LogP contribution is 2.29. The number of morpholine rings is 1. The van der Waals surface area contributed by atoms with Crippen molar-refractivity contribution < 1.29 is 9.47 Å². The van der Waals surface area contributed by atoms with E-state index < -0.39 is 0 Å². The van der Waals surface area contributed by atoms with Gasteiger partial charge in [-0.2, -0.15) is 21.4 Å². The van der Waals surface area contributed by atoms with Crippen LogP contribution in [0, 0.1) is 0 Å². The van der Waals surface area contributed by atoms with Gasteiger partial charge in [0.05, 0.1) is 37.7 Å². The van der Waals surface area contributed by atoms with Crippen molar-refractivity contribution in [2.45, 2.75) is 13.3 Å². The molecular formula is C27H36N7O2S2+. The molecule has 5 rings (SSSR count). The molecule has 0 atom stereocenters. The lowest BCUT2D eigenvalue weighted by Gasteiger charge is -2.26. The van der Waals surface area contributed by atoms with Crippen LogP contribution in [0.2, 0.25) is 0 Å². The van der Waals surface area contributed by atoms with Gasteiger partial charge in [-0.1, -0.05) is 12.1 Å². The van der Waals surface area contributed by atoms with Crippen LogP contribution < -0.4 is 10.6 Å². The summed E-state index contributed by atoms with van der Waals surface area (Å²) in [5.74, 6) is 1.64. The van der Waals surface area contributed by atoms with Crippen molar-refractivity contribution in [1.29, 1.82) is 0 Å². The van der Waals surface area contributed by atoms with Gasteiger partial charge >= 0.3 is 0 Å². The van der Waals surface area contributed by atoms with Crippen LogP contribution in [-0.4, -0.2) is 88.9 Å². The minimum absolute atomic E-state index is 0.341. The lowest BCUT2D eigenvalue weighted by atomic mass is 10.1. The lowest BCUT2D eigenvalue weighted by molar-refractivity contribution is 0.0398. The summed E-state index contributed by atoms with van der Waals surface area (Å²) >= 11 is 1.71. The number of nitrogens with one attached hydrogen (secondary N) is 2. The van der Waals surface area contributed by atoms with Gasteiger partial charge in [0.1, 0.15) is 18.2 Å². The van der Waals surface area contributed by atoms with Gasteiger partial charge in [0, 0.05) is 50.2 Å². The molecule has 0 unspecified atom stereocenters. The fraction of sp³-hybridized carbons (Fsp3) is 0.444. The van der Waals surface area contributed by atoms with Gasteiger partial charge in [0.15, 0.2) is 5.65 Å². The number of fused-ring (bicyclic) bond motifs is 1. The fourth-order valence-corrected chi connectivity index (χ4v) is 5.37. The second-order valence-electron chi connectivity index (χ2n) is 9.45. The molecule has 0 radical (unpaired) electrons. The Morgan fingerprint density at radius 1 is 1.16 bits per heavy atom. The molecule has 1 aliphatic rings. The molecule has 9 nitrogen and oxygen atoms in total. The highest BCUT2D eigenvalue weighted by atomic mass is 32.2. The molecule has 4 heterocycles. The molecule has 1 aromatic carbocycles. The maximum atomic E-state index is 5.99. The maximum absolute atomic E-state index is 5.99. The number of aromatic nitrogens is 4. The van der Waals surface area contributed by atoms with Crippen molar-refractivity contribution in [2.24, 2.45) is 0 Å². The van der Waals surface area contributed by atoms with Crippen LogP contribution in [0.3, 0.4) is 0 Å². The Labute approximate surface area is 230 Å². The van der Waals surface area contributed by atoms with Crippen molar-refractivity contribution in [2.75, 3.05) is 74.9 Å². The average molecular weight is 555 g/mol. The predicted octanol–water partition coefficient (Wildman–Crippen LogP) is 3.76. The second-order valence-corrected chi connectivity index (χ2v) is 12.6. The highest BCUT2D eigenvalue weighted by molar-refractivity contribution is 7.95. The summed E-state index contributed by atoms with van der Waals surface area (Å²) in [6.07, 6.45) is 6.33. The second kappa shape index (κ2) is 13.4. The lowest BCUT2D eigenvalue weighted by Crippen LogP contribution is -2.39. The van der Waals surface area contributed by atoms with Crippen molar-refractivity contribution >= 4 is 44.9 Å². The highest BCUT2D eigenvalue weighted by Gasteiger charge is 2.17. The van der Waals surface area contributed by atoms with Crippen molar-refractivity contribution in [3.05, 3.63) is 52.9 Å². The van der Waals surface area contributed by atoms with E-state index in [9.17, 15) is 0 Å². The van der Waals surface area contributed by atoms with Gasteiger partial charge in [-0.05, 0) is 45.4 Å². The Hall–Kier alpha value is -2.70. The van der Waals surface area contributed by atoms with Crippen LogP contribution in [0.1, 0.15) is 5.56 Å². The first-order chi connectivity index (χ1) is 18.7. The molecule has 0 saturated carbocycles. The van der Waals surface area contributed by atoms with Crippen LogP contribution in [0.15, 0.2) is 47.3 Å². The molecular weight excluding hydrogens is 518 g/mol. The molecule has 1 aliphatic heterocycles. The van der Waals surface area contributed by atoms with E-state index in [0.29, 0.717) is 30.2 Å². The van der Waals surface area contributed by atoms with Crippen molar-refractivity contribution in [1.82, 2.24) is 24.6 Å². The maximum Gasteiger partial charge on any atom is 0.224 e. The predicted molar refractivity (Wildman–Crippen MR) is 158 cm³/mol. The smallest absolute Gasteiger partial charge is 0.224 e.